The van der Waals surface area contributed by atoms with E-state index in [0.29, 0.717) is 5.69 Å². The van der Waals surface area contributed by atoms with Gasteiger partial charge in [-0.1, -0.05) is 42.0 Å². The van der Waals surface area contributed by atoms with Crippen LogP contribution in [0.25, 0.3) is 20.8 Å². The second kappa shape index (κ2) is 7.11. The van der Waals surface area contributed by atoms with Crippen molar-refractivity contribution in [1.82, 2.24) is 14.9 Å². The summed E-state index contributed by atoms with van der Waals surface area (Å²) in [5.41, 5.74) is 3.82. The van der Waals surface area contributed by atoms with Gasteiger partial charge in [0, 0.05) is 17.5 Å². The fourth-order valence-corrected chi connectivity index (χ4v) is 5.56. The number of likely N-dealkylation sites (tertiary alicyclic amines) is 1. The van der Waals surface area contributed by atoms with Gasteiger partial charge in [0.15, 0.2) is 0 Å². The van der Waals surface area contributed by atoms with Crippen LogP contribution in [0.2, 0.25) is 0 Å². The Hall–Kier alpha value is -2.57. The Morgan fingerprint density at radius 3 is 2.75 bits per heavy atom. The largest absolute Gasteiger partial charge is 0.328 e. The van der Waals surface area contributed by atoms with E-state index >= 15 is 0 Å². The van der Waals surface area contributed by atoms with Gasteiger partial charge in [0.25, 0.3) is 5.91 Å². The van der Waals surface area contributed by atoms with E-state index in [1.54, 1.807) is 11.3 Å². The molecule has 1 saturated heterocycles. The molecule has 28 heavy (non-hydrogen) atoms. The number of para-hydroxylation sites is 1. The summed E-state index contributed by atoms with van der Waals surface area (Å²) in [6.07, 6.45) is 1.96. The molecular formula is C22H19N3OS2. The zero-order valence-electron chi connectivity index (χ0n) is 15.5. The van der Waals surface area contributed by atoms with Crippen molar-refractivity contribution in [3.05, 3.63) is 70.2 Å². The third kappa shape index (κ3) is 3.12. The Labute approximate surface area is 171 Å². The molecule has 4 nitrogen and oxygen atoms in total. The number of hydrogen-bond donors (Lipinski definition) is 0. The second-order valence-corrected chi connectivity index (χ2v) is 9.00. The van der Waals surface area contributed by atoms with E-state index in [9.17, 15) is 4.79 Å². The van der Waals surface area contributed by atoms with Crippen LogP contribution in [-0.4, -0.2) is 27.3 Å². The van der Waals surface area contributed by atoms with Crippen molar-refractivity contribution in [2.75, 3.05) is 6.54 Å². The lowest BCUT2D eigenvalue weighted by Crippen LogP contribution is -2.30. The van der Waals surface area contributed by atoms with Crippen molar-refractivity contribution in [3.63, 3.8) is 0 Å². The maximum Gasteiger partial charge on any atom is 0.273 e. The molecule has 1 fully saturated rings. The van der Waals surface area contributed by atoms with E-state index in [-0.39, 0.29) is 11.9 Å². The lowest BCUT2D eigenvalue weighted by Gasteiger charge is -2.22. The molecule has 0 unspecified atom stereocenters. The SMILES string of the molecule is Cc1ccc(-c2nc(C(=O)N3CCC[C@H]3c3nc4ccccc4s3)cs2)cc1. The summed E-state index contributed by atoms with van der Waals surface area (Å²) in [6, 6.07) is 16.5. The number of amides is 1. The van der Waals surface area contributed by atoms with Gasteiger partial charge in [0.05, 0.1) is 16.3 Å². The first-order valence-electron chi connectivity index (χ1n) is 9.38. The van der Waals surface area contributed by atoms with E-state index in [0.717, 1.165) is 40.5 Å². The summed E-state index contributed by atoms with van der Waals surface area (Å²) >= 11 is 3.22. The van der Waals surface area contributed by atoms with Crippen LogP contribution < -0.4 is 0 Å². The molecule has 2 aromatic heterocycles. The van der Waals surface area contributed by atoms with Crippen molar-refractivity contribution in [3.8, 4) is 10.6 Å². The maximum atomic E-state index is 13.2. The lowest BCUT2D eigenvalue weighted by molar-refractivity contribution is 0.0730. The zero-order valence-corrected chi connectivity index (χ0v) is 17.1. The normalized spacial score (nSPS) is 16.8. The van der Waals surface area contributed by atoms with E-state index in [2.05, 4.69) is 42.2 Å². The lowest BCUT2D eigenvalue weighted by atomic mass is 10.2. The zero-order chi connectivity index (χ0) is 19.1. The first-order chi connectivity index (χ1) is 13.7. The molecule has 4 aromatic rings. The molecule has 5 rings (SSSR count). The molecule has 0 radical (unpaired) electrons. The second-order valence-electron chi connectivity index (χ2n) is 7.08. The Kier molecular flexibility index (Phi) is 4.45. The van der Waals surface area contributed by atoms with Gasteiger partial charge in [-0.3, -0.25) is 4.79 Å². The molecule has 0 aliphatic carbocycles. The molecule has 0 bridgehead atoms. The molecule has 0 saturated carbocycles. The molecule has 140 valence electrons. The highest BCUT2D eigenvalue weighted by atomic mass is 32.1. The van der Waals surface area contributed by atoms with Gasteiger partial charge < -0.3 is 4.90 Å². The minimum absolute atomic E-state index is 0.0105. The molecule has 1 amide bonds. The molecule has 0 spiro atoms. The summed E-state index contributed by atoms with van der Waals surface area (Å²) < 4.78 is 1.17. The van der Waals surface area contributed by atoms with Crippen molar-refractivity contribution in [1.29, 1.82) is 0 Å². The standard InChI is InChI=1S/C22H19N3OS2/c1-14-8-10-15(11-9-14)20-24-17(13-27-20)22(26)25-12-4-6-18(25)21-23-16-5-2-3-7-19(16)28-21/h2-3,5,7-11,13,18H,4,6,12H2,1H3/t18-/m0/s1. The number of nitrogens with zero attached hydrogens (tertiary/aromatic N) is 3. The first kappa shape index (κ1) is 17.5. The van der Waals surface area contributed by atoms with Crippen LogP contribution in [0.1, 0.15) is 39.9 Å². The average molecular weight is 406 g/mol. The number of carbonyl (C=O) groups excluding carboxylic acids is 1. The van der Waals surface area contributed by atoms with Crippen LogP contribution in [0.15, 0.2) is 53.9 Å². The topological polar surface area (TPSA) is 46.1 Å². The summed E-state index contributed by atoms with van der Waals surface area (Å²) in [5.74, 6) is 0.0105. The van der Waals surface area contributed by atoms with Crippen LogP contribution in [0, 0.1) is 6.92 Å². The van der Waals surface area contributed by atoms with Gasteiger partial charge in [-0.05, 0) is 31.9 Å². The predicted octanol–water partition coefficient (Wildman–Crippen LogP) is 5.71. The quantitative estimate of drug-likeness (QED) is 0.439. The number of hydrogen-bond acceptors (Lipinski definition) is 5. The van der Waals surface area contributed by atoms with Crippen molar-refractivity contribution in [2.45, 2.75) is 25.8 Å². The third-order valence-corrected chi connectivity index (χ3v) is 7.16. The van der Waals surface area contributed by atoms with Crippen molar-refractivity contribution >= 4 is 38.8 Å². The van der Waals surface area contributed by atoms with Crippen LogP contribution in [0.3, 0.4) is 0 Å². The number of fused-ring (bicyclic) bond motifs is 1. The number of thiazole rings is 2. The van der Waals surface area contributed by atoms with Gasteiger partial charge in [-0.25, -0.2) is 9.97 Å². The van der Waals surface area contributed by atoms with Gasteiger partial charge in [-0.2, -0.15) is 0 Å². The molecule has 6 heteroatoms. The van der Waals surface area contributed by atoms with E-state index < -0.39 is 0 Å². The molecular weight excluding hydrogens is 386 g/mol. The summed E-state index contributed by atoms with van der Waals surface area (Å²) in [6.45, 7) is 2.83. The molecule has 1 atom stereocenters. The van der Waals surface area contributed by atoms with Crippen LogP contribution in [0.5, 0.6) is 0 Å². The number of carbonyl (C=O) groups is 1. The van der Waals surface area contributed by atoms with Gasteiger partial charge >= 0.3 is 0 Å². The van der Waals surface area contributed by atoms with Crippen molar-refractivity contribution in [2.24, 2.45) is 0 Å². The summed E-state index contributed by atoms with van der Waals surface area (Å²) in [5, 5.41) is 3.80. The predicted molar refractivity (Wildman–Crippen MR) is 115 cm³/mol. The summed E-state index contributed by atoms with van der Waals surface area (Å²) in [4.78, 5) is 24.6. The number of aryl methyl sites for hydroxylation is 1. The van der Waals surface area contributed by atoms with Crippen LogP contribution in [0.4, 0.5) is 0 Å². The smallest absolute Gasteiger partial charge is 0.273 e. The molecule has 3 heterocycles. The minimum Gasteiger partial charge on any atom is -0.328 e. The van der Waals surface area contributed by atoms with Crippen LogP contribution in [-0.2, 0) is 0 Å². The fourth-order valence-electron chi connectivity index (χ4n) is 3.65. The van der Waals surface area contributed by atoms with Gasteiger partial charge in [0.2, 0.25) is 0 Å². The molecule has 1 aliphatic heterocycles. The fraction of sp³-hybridized carbons (Fsp3) is 0.227. The third-order valence-electron chi connectivity index (χ3n) is 5.13. The number of rotatable bonds is 3. The highest BCUT2D eigenvalue weighted by Gasteiger charge is 2.33. The Bertz CT molecular complexity index is 1110. The highest BCUT2D eigenvalue weighted by molar-refractivity contribution is 7.18. The number of benzene rings is 2. The summed E-state index contributed by atoms with van der Waals surface area (Å²) in [7, 11) is 0. The minimum atomic E-state index is 0.0105. The molecule has 2 aromatic carbocycles. The van der Waals surface area contributed by atoms with Gasteiger partial charge in [0.1, 0.15) is 15.7 Å². The Morgan fingerprint density at radius 2 is 1.93 bits per heavy atom. The first-order valence-corrected chi connectivity index (χ1v) is 11.1. The molecule has 0 N–H and O–H groups in total. The highest BCUT2D eigenvalue weighted by Crippen LogP contribution is 2.37. The average Bonchev–Trinajstić information content (AvgIpc) is 3.46. The Morgan fingerprint density at radius 1 is 1.11 bits per heavy atom. The van der Waals surface area contributed by atoms with Crippen LogP contribution >= 0.6 is 22.7 Å². The van der Waals surface area contributed by atoms with E-state index in [1.165, 1.54) is 21.6 Å². The van der Waals surface area contributed by atoms with E-state index in [4.69, 9.17) is 4.98 Å². The monoisotopic (exact) mass is 405 g/mol. The number of aromatic nitrogens is 2. The van der Waals surface area contributed by atoms with Crippen molar-refractivity contribution < 1.29 is 4.79 Å². The Balaban J connectivity index is 1.42. The van der Waals surface area contributed by atoms with E-state index in [1.807, 2.05) is 28.5 Å². The molecule has 1 aliphatic rings. The maximum absolute atomic E-state index is 13.2. The van der Waals surface area contributed by atoms with Gasteiger partial charge in [-0.15, -0.1) is 22.7 Å².